The first-order valence-electron chi connectivity index (χ1n) is 6.46. The second kappa shape index (κ2) is 4.53. The number of H-pyrrole nitrogens is 1. The SMILES string of the molecule is Cc1cc(C)n([C@@H]2CCN(C(=O)c3cn[nH]c3)C2)n1. The topological polar surface area (TPSA) is 66.8 Å². The molecule has 1 saturated heterocycles. The van der Waals surface area contributed by atoms with Gasteiger partial charge in [0.05, 0.1) is 23.5 Å². The van der Waals surface area contributed by atoms with Crippen molar-refractivity contribution in [2.45, 2.75) is 26.3 Å². The number of aromatic nitrogens is 4. The first-order valence-corrected chi connectivity index (χ1v) is 6.46. The predicted octanol–water partition coefficient (Wildman–Crippen LogP) is 1.31. The molecule has 2 aromatic heterocycles. The molecule has 100 valence electrons. The number of hydrogen-bond donors (Lipinski definition) is 1. The van der Waals surface area contributed by atoms with Crippen molar-refractivity contribution >= 4 is 5.91 Å². The Bertz CT molecular complexity index is 586. The van der Waals surface area contributed by atoms with Crippen LogP contribution in [0.2, 0.25) is 0 Å². The van der Waals surface area contributed by atoms with E-state index >= 15 is 0 Å². The van der Waals surface area contributed by atoms with E-state index in [1.807, 2.05) is 16.5 Å². The lowest BCUT2D eigenvalue weighted by atomic mass is 10.2. The van der Waals surface area contributed by atoms with Crippen molar-refractivity contribution in [3.05, 3.63) is 35.4 Å². The van der Waals surface area contributed by atoms with E-state index in [-0.39, 0.29) is 11.9 Å². The third-order valence-electron chi connectivity index (χ3n) is 3.59. The molecule has 1 atom stereocenters. The van der Waals surface area contributed by atoms with E-state index in [1.165, 1.54) is 0 Å². The molecule has 6 heteroatoms. The summed E-state index contributed by atoms with van der Waals surface area (Å²) in [5.41, 5.74) is 2.80. The zero-order valence-electron chi connectivity index (χ0n) is 11.1. The van der Waals surface area contributed by atoms with Gasteiger partial charge in [-0.05, 0) is 26.3 Å². The second-order valence-corrected chi connectivity index (χ2v) is 5.05. The maximum absolute atomic E-state index is 12.2. The van der Waals surface area contributed by atoms with Gasteiger partial charge in [0.15, 0.2) is 0 Å². The molecule has 1 aliphatic rings. The number of hydrogen-bond acceptors (Lipinski definition) is 3. The molecule has 1 N–H and O–H groups in total. The van der Waals surface area contributed by atoms with E-state index in [2.05, 4.69) is 28.3 Å². The molecular weight excluding hydrogens is 242 g/mol. The Morgan fingerprint density at radius 3 is 2.95 bits per heavy atom. The average Bonchev–Trinajstić information content (AvgIpc) is 3.08. The van der Waals surface area contributed by atoms with Crippen LogP contribution in [-0.4, -0.2) is 43.9 Å². The van der Waals surface area contributed by atoms with Crippen LogP contribution >= 0.6 is 0 Å². The fraction of sp³-hybridized carbons (Fsp3) is 0.462. The van der Waals surface area contributed by atoms with Crippen molar-refractivity contribution in [2.75, 3.05) is 13.1 Å². The Kier molecular flexibility index (Phi) is 2.85. The second-order valence-electron chi connectivity index (χ2n) is 5.05. The monoisotopic (exact) mass is 259 g/mol. The summed E-state index contributed by atoms with van der Waals surface area (Å²) in [7, 11) is 0. The van der Waals surface area contributed by atoms with Crippen molar-refractivity contribution in [1.82, 2.24) is 24.9 Å². The van der Waals surface area contributed by atoms with Crippen molar-refractivity contribution in [2.24, 2.45) is 0 Å². The minimum atomic E-state index is 0.0396. The van der Waals surface area contributed by atoms with Crippen LogP contribution in [0.1, 0.15) is 34.2 Å². The van der Waals surface area contributed by atoms with Gasteiger partial charge < -0.3 is 4.90 Å². The molecule has 19 heavy (non-hydrogen) atoms. The number of rotatable bonds is 2. The molecule has 0 unspecified atom stereocenters. The van der Waals surface area contributed by atoms with Crippen LogP contribution in [0.15, 0.2) is 18.5 Å². The van der Waals surface area contributed by atoms with Gasteiger partial charge in [0.1, 0.15) is 0 Å². The van der Waals surface area contributed by atoms with Crippen LogP contribution in [-0.2, 0) is 0 Å². The van der Waals surface area contributed by atoms with Gasteiger partial charge >= 0.3 is 0 Å². The Labute approximate surface area is 111 Å². The fourth-order valence-corrected chi connectivity index (χ4v) is 2.69. The van der Waals surface area contributed by atoms with Crippen LogP contribution in [0.25, 0.3) is 0 Å². The molecule has 1 fully saturated rings. The maximum Gasteiger partial charge on any atom is 0.257 e. The summed E-state index contributed by atoms with van der Waals surface area (Å²) in [5, 5.41) is 11.0. The van der Waals surface area contributed by atoms with Crippen LogP contribution in [0.4, 0.5) is 0 Å². The number of aromatic amines is 1. The maximum atomic E-state index is 12.2. The van der Waals surface area contributed by atoms with E-state index in [0.717, 1.165) is 24.4 Å². The minimum absolute atomic E-state index is 0.0396. The largest absolute Gasteiger partial charge is 0.336 e. The molecule has 2 aromatic rings. The smallest absolute Gasteiger partial charge is 0.257 e. The Hall–Kier alpha value is -2.11. The zero-order chi connectivity index (χ0) is 13.4. The summed E-state index contributed by atoms with van der Waals surface area (Å²) in [4.78, 5) is 14.1. The van der Waals surface area contributed by atoms with E-state index in [0.29, 0.717) is 12.1 Å². The Balaban J connectivity index is 1.74. The van der Waals surface area contributed by atoms with Crippen LogP contribution < -0.4 is 0 Å². The third kappa shape index (κ3) is 2.14. The first kappa shape index (κ1) is 12.0. The molecule has 0 bridgehead atoms. The molecule has 0 aliphatic carbocycles. The number of likely N-dealkylation sites (tertiary alicyclic amines) is 1. The number of nitrogens with zero attached hydrogens (tertiary/aromatic N) is 4. The molecule has 0 saturated carbocycles. The van der Waals surface area contributed by atoms with Gasteiger partial charge in [0.25, 0.3) is 5.91 Å². The van der Waals surface area contributed by atoms with E-state index in [4.69, 9.17) is 0 Å². The quantitative estimate of drug-likeness (QED) is 0.884. The number of carbonyl (C=O) groups excluding carboxylic acids is 1. The molecule has 0 radical (unpaired) electrons. The predicted molar refractivity (Wildman–Crippen MR) is 69.8 cm³/mol. The van der Waals surface area contributed by atoms with Gasteiger partial charge in [0.2, 0.25) is 0 Å². The van der Waals surface area contributed by atoms with Crippen LogP contribution in [0.3, 0.4) is 0 Å². The zero-order valence-corrected chi connectivity index (χ0v) is 11.1. The number of aryl methyl sites for hydroxylation is 2. The first-order chi connectivity index (χ1) is 9.15. The number of amides is 1. The normalized spacial score (nSPS) is 19.1. The van der Waals surface area contributed by atoms with Crippen molar-refractivity contribution < 1.29 is 4.79 Å². The number of nitrogens with one attached hydrogen (secondary N) is 1. The standard InChI is InChI=1S/C13H17N5O/c1-9-5-10(2)18(16-9)12-3-4-17(8-12)13(19)11-6-14-15-7-11/h5-7,12H,3-4,8H2,1-2H3,(H,14,15)/t12-/m1/s1. The molecule has 3 heterocycles. The average molecular weight is 259 g/mol. The molecule has 6 nitrogen and oxygen atoms in total. The van der Waals surface area contributed by atoms with Gasteiger partial charge in [0, 0.05) is 25.0 Å². The molecule has 3 rings (SSSR count). The van der Waals surface area contributed by atoms with Crippen LogP contribution in [0.5, 0.6) is 0 Å². The Morgan fingerprint density at radius 2 is 2.32 bits per heavy atom. The highest BCUT2D eigenvalue weighted by atomic mass is 16.2. The molecule has 0 spiro atoms. The van der Waals surface area contributed by atoms with E-state index < -0.39 is 0 Å². The molecule has 1 aliphatic heterocycles. The summed E-state index contributed by atoms with van der Waals surface area (Å²) in [5.74, 6) is 0.0396. The lowest BCUT2D eigenvalue weighted by Gasteiger charge is -2.16. The highest BCUT2D eigenvalue weighted by Gasteiger charge is 2.29. The van der Waals surface area contributed by atoms with Gasteiger partial charge in [-0.15, -0.1) is 0 Å². The minimum Gasteiger partial charge on any atom is -0.336 e. The summed E-state index contributed by atoms with van der Waals surface area (Å²) in [6.45, 7) is 5.53. The summed E-state index contributed by atoms with van der Waals surface area (Å²) in [6.07, 6.45) is 4.16. The summed E-state index contributed by atoms with van der Waals surface area (Å²) >= 11 is 0. The van der Waals surface area contributed by atoms with Crippen molar-refractivity contribution in [1.29, 1.82) is 0 Å². The number of carbonyl (C=O) groups is 1. The van der Waals surface area contributed by atoms with E-state index in [9.17, 15) is 4.79 Å². The summed E-state index contributed by atoms with van der Waals surface area (Å²) < 4.78 is 2.04. The lowest BCUT2D eigenvalue weighted by Crippen LogP contribution is -2.29. The van der Waals surface area contributed by atoms with E-state index in [1.54, 1.807) is 12.4 Å². The lowest BCUT2D eigenvalue weighted by molar-refractivity contribution is 0.0787. The molecule has 1 amide bonds. The van der Waals surface area contributed by atoms with Crippen molar-refractivity contribution in [3.8, 4) is 0 Å². The highest BCUT2D eigenvalue weighted by molar-refractivity contribution is 5.93. The van der Waals surface area contributed by atoms with Gasteiger partial charge in [-0.1, -0.05) is 0 Å². The van der Waals surface area contributed by atoms with Gasteiger partial charge in [-0.3, -0.25) is 14.6 Å². The summed E-state index contributed by atoms with van der Waals surface area (Å²) in [6, 6.07) is 2.35. The van der Waals surface area contributed by atoms with Gasteiger partial charge in [-0.25, -0.2) is 0 Å². The molecular formula is C13H17N5O. The van der Waals surface area contributed by atoms with Gasteiger partial charge in [-0.2, -0.15) is 10.2 Å². The molecule has 0 aromatic carbocycles. The fourth-order valence-electron chi connectivity index (χ4n) is 2.69. The third-order valence-corrected chi connectivity index (χ3v) is 3.59. The van der Waals surface area contributed by atoms with Crippen molar-refractivity contribution in [3.63, 3.8) is 0 Å². The Morgan fingerprint density at radius 1 is 1.47 bits per heavy atom. The highest BCUT2D eigenvalue weighted by Crippen LogP contribution is 2.24. The van der Waals surface area contributed by atoms with Crippen LogP contribution in [0, 0.1) is 13.8 Å².